The van der Waals surface area contributed by atoms with Gasteiger partial charge in [0.2, 0.25) is 0 Å². The lowest BCUT2D eigenvalue weighted by Gasteiger charge is -2.46. The number of benzene rings is 1. The van der Waals surface area contributed by atoms with Crippen molar-refractivity contribution in [2.45, 2.75) is 77.4 Å². The topological polar surface area (TPSA) is 111 Å². The zero-order chi connectivity index (χ0) is 24.7. The van der Waals surface area contributed by atoms with Crippen LogP contribution in [0.5, 0.6) is 0 Å². The van der Waals surface area contributed by atoms with Gasteiger partial charge in [-0.05, 0) is 81.7 Å². The first-order valence-electron chi connectivity index (χ1n) is 12.1. The largest absolute Gasteiger partial charge is 0.326 e. The molecule has 2 heterocycles. The van der Waals surface area contributed by atoms with E-state index in [1.807, 2.05) is 12.1 Å². The van der Waals surface area contributed by atoms with Gasteiger partial charge in [-0.3, -0.25) is 4.79 Å². The maximum Gasteiger partial charge on any atom is 0.291 e. The first-order chi connectivity index (χ1) is 16.0. The average Bonchev–Trinajstić information content (AvgIpc) is 3.27. The summed E-state index contributed by atoms with van der Waals surface area (Å²) in [6.07, 6.45) is 8.48. The molecule has 1 fully saturated rings. The molecule has 2 aromatic rings. The SMILES string of the molecule is CC1CC(N)(c2ccc(NC(=O)c3ncc(C#N)[nH]3)c(C3=CCC(C)(C)CC3)c2)CC(C)N1C. The van der Waals surface area contributed by atoms with Gasteiger partial charge in [0.05, 0.1) is 6.20 Å². The molecular formula is C27H36N6O. The van der Waals surface area contributed by atoms with Crippen LogP contribution in [0.4, 0.5) is 5.69 Å². The normalized spacial score (nSPS) is 27.0. The van der Waals surface area contributed by atoms with E-state index in [0.717, 1.165) is 48.9 Å². The van der Waals surface area contributed by atoms with Crippen molar-refractivity contribution in [3.05, 3.63) is 53.1 Å². The van der Waals surface area contributed by atoms with E-state index >= 15 is 0 Å². The number of rotatable bonds is 4. The van der Waals surface area contributed by atoms with Gasteiger partial charge in [-0.1, -0.05) is 26.0 Å². The predicted molar refractivity (Wildman–Crippen MR) is 135 cm³/mol. The maximum absolute atomic E-state index is 12.9. The smallest absolute Gasteiger partial charge is 0.291 e. The van der Waals surface area contributed by atoms with Crippen LogP contribution in [0, 0.1) is 16.7 Å². The minimum Gasteiger partial charge on any atom is -0.326 e. The molecule has 1 aromatic carbocycles. The molecule has 1 saturated heterocycles. The highest BCUT2D eigenvalue weighted by Gasteiger charge is 2.39. The Labute approximate surface area is 202 Å². The van der Waals surface area contributed by atoms with Crippen LogP contribution in [-0.2, 0) is 5.54 Å². The summed E-state index contributed by atoms with van der Waals surface area (Å²) in [6, 6.07) is 8.96. The number of nitrogens with zero attached hydrogens (tertiary/aromatic N) is 3. The molecule has 4 rings (SSSR count). The second-order valence-electron chi connectivity index (χ2n) is 11.0. The zero-order valence-electron chi connectivity index (χ0n) is 20.9. The molecule has 0 radical (unpaired) electrons. The van der Waals surface area contributed by atoms with E-state index in [2.05, 4.69) is 73.1 Å². The molecule has 0 bridgehead atoms. The quantitative estimate of drug-likeness (QED) is 0.608. The third-order valence-electron chi connectivity index (χ3n) is 7.78. The number of H-pyrrole nitrogens is 1. The molecule has 2 atom stereocenters. The minimum atomic E-state index is -0.417. The van der Waals surface area contributed by atoms with Crippen LogP contribution in [0.1, 0.15) is 87.2 Å². The predicted octanol–water partition coefficient (Wildman–Crippen LogP) is 4.78. The van der Waals surface area contributed by atoms with Gasteiger partial charge in [0, 0.05) is 28.9 Å². The van der Waals surface area contributed by atoms with E-state index in [-0.39, 0.29) is 22.8 Å². The number of hydrogen-bond acceptors (Lipinski definition) is 5. The van der Waals surface area contributed by atoms with Crippen molar-refractivity contribution >= 4 is 17.2 Å². The fourth-order valence-corrected chi connectivity index (χ4v) is 5.32. The number of aromatic amines is 1. The summed E-state index contributed by atoms with van der Waals surface area (Å²) in [4.78, 5) is 22.1. The number of imidazole rings is 1. The Morgan fingerprint density at radius 1 is 1.29 bits per heavy atom. The standard InChI is InChI=1S/C27H36N6O/c1-17-13-27(29,14-18(2)33(17)5)20-6-7-23(32-25(34)24-30-16-21(15-28)31-24)22(12-20)19-8-10-26(3,4)11-9-19/h6-8,12,16-18H,9-11,13-14,29H2,1-5H3,(H,30,31)(H,32,34). The number of hydrogen-bond donors (Lipinski definition) is 3. The van der Waals surface area contributed by atoms with Gasteiger partial charge in [0.25, 0.3) is 5.91 Å². The van der Waals surface area contributed by atoms with Crippen molar-refractivity contribution in [2.75, 3.05) is 12.4 Å². The summed E-state index contributed by atoms with van der Waals surface area (Å²) in [5.41, 5.74) is 11.3. The minimum absolute atomic E-state index is 0.124. The van der Waals surface area contributed by atoms with Gasteiger partial charge in [0.1, 0.15) is 11.8 Å². The lowest BCUT2D eigenvalue weighted by molar-refractivity contribution is 0.0796. The van der Waals surface area contributed by atoms with E-state index in [1.165, 1.54) is 11.8 Å². The van der Waals surface area contributed by atoms with Crippen LogP contribution in [0.15, 0.2) is 30.5 Å². The number of nitriles is 1. The summed E-state index contributed by atoms with van der Waals surface area (Å²) >= 11 is 0. The molecule has 4 N–H and O–H groups in total. The first-order valence-corrected chi connectivity index (χ1v) is 12.1. The number of anilines is 1. The van der Waals surface area contributed by atoms with Crippen LogP contribution in [-0.4, -0.2) is 39.9 Å². The number of allylic oxidation sites excluding steroid dienone is 2. The van der Waals surface area contributed by atoms with Crippen LogP contribution in [0.2, 0.25) is 0 Å². The van der Waals surface area contributed by atoms with E-state index in [4.69, 9.17) is 11.0 Å². The number of nitrogens with one attached hydrogen (secondary N) is 2. The van der Waals surface area contributed by atoms with Crippen molar-refractivity contribution in [1.29, 1.82) is 5.26 Å². The number of likely N-dealkylation sites (tertiary alicyclic amines) is 1. The molecule has 0 saturated carbocycles. The Kier molecular flexibility index (Phi) is 6.41. The Balaban J connectivity index is 1.71. The molecule has 1 aliphatic carbocycles. The monoisotopic (exact) mass is 460 g/mol. The molecule has 1 amide bonds. The van der Waals surface area contributed by atoms with Gasteiger partial charge in [-0.2, -0.15) is 5.26 Å². The number of aromatic nitrogens is 2. The highest BCUT2D eigenvalue weighted by atomic mass is 16.2. The van der Waals surface area contributed by atoms with E-state index < -0.39 is 5.54 Å². The second-order valence-corrected chi connectivity index (χ2v) is 11.0. The fraction of sp³-hybridized carbons (Fsp3) is 0.519. The molecule has 7 heteroatoms. The zero-order valence-corrected chi connectivity index (χ0v) is 20.9. The number of nitrogens with two attached hydrogens (primary N) is 1. The van der Waals surface area contributed by atoms with Crippen LogP contribution >= 0.6 is 0 Å². The third-order valence-corrected chi connectivity index (χ3v) is 7.78. The first kappa shape index (κ1) is 24.2. The number of carbonyl (C=O) groups excluding carboxylic acids is 1. The summed E-state index contributed by atoms with van der Waals surface area (Å²) in [5, 5.41) is 12.1. The third kappa shape index (κ3) is 4.79. The lowest BCUT2D eigenvalue weighted by atomic mass is 9.74. The average molecular weight is 461 g/mol. The van der Waals surface area contributed by atoms with Gasteiger partial charge in [-0.25, -0.2) is 4.98 Å². The van der Waals surface area contributed by atoms with Crippen molar-refractivity contribution in [1.82, 2.24) is 14.9 Å². The van der Waals surface area contributed by atoms with E-state index in [9.17, 15) is 4.79 Å². The summed E-state index contributed by atoms with van der Waals surface area (Å²) in [7, 11) is 2.17. The highest BCUT2D eigenvalue weighted by Crippen LogP contribution is 2.42. The van der Waals surface area contributed by atoms with Gasteiger partial charge >= 0.3 is 0 Å². The summed E-state index contributed by atoms with van der Waals surface area (Å²) in [6.45, 7) is 9.05. The van der Waals surface area contributed by atoms with Crippen molar-refractivity contribution in [3.63, 3.8) is 0 Å². The molecule has 7 nitrogen and oxygen atoms in total. The summed E-state index contributed by atoms with van der Waals surface area (Å²) < 4.78 is 0. The molecule has 0 spiro atoms. The van der Waals surface area contributed by atoms with Crippen molar-refractivity contribution in [2.24, 2.45) is 11.1 Å². The maximum atomic E-state index is 12.9. The Morgan fingerprint density at radius 2 is 2.00 bits per heavy atom. The Morgan fingerprint density at radius 3 is 2.59 bits per heavy atom. The van der Waals surface area contributed by atoms with E-state index in [1.54, 1.807) is 0 Å². The van der Waals surface area contributed by atoms with Crippen LogP contribution in [0.3, 0.4) is 0 Å². The number of amides is 1. The van der Waals surface area contributed by atoms with Gasteiger partial charge < -0.3 is 20.9 Å². The number of carbonyl (C=O) groups is 1. The molecule has 34 heavy (non-hydrogen) atoms. The van der Waals surface area contributed by atoms with Gasteiger partial charge in [0.15, 0.2) is 5.82 Å². The highest BCUT2D eigenvalue weighted by molar-refractivity contribution is 6.03. The van der Waals surface area contributed by atoms with Gasteiger partial charge in [-0.15, -0.1) is 0 Å². The molecule has 180 valence electrons. The molecule has 1 aliphatic heterocycles. The lowest BCUT2D eigenvalue weighted by Crippen LogP contribution is -2.54. The molecule has 2 unspecified atom stereocenters. The van der Waals surface area contributed by atoms with Crippen molar-refractivity contribution in [3.8, 4) is 6.07 Å². The fourth-order valence-electron chi connectivity index (χ4n) is 5.32. The van der Waals surface area contributed by atoms with Crippen LogP contribution in [0.25, 0.3) is 5.57 Å². The van der Waals surface area contributed by atoms with Crippen LogP contribution < -0.4 is 11.1 Å². The molecular weight excluding hydrogens is 424 g/mol. The summed E-state index contributed by atoms with van der Waals surface area (Å²) in [5.74, 6) is -0.241. The Bertz CT molecular complexity index is 1140. The molecule has 1 aromatic heterocycles. The van der Waals surface area contributed by atoms with E-state index in [0.29, 0.717) is 12.1 Å². The second kappa shape index (κ2) is 9.01. The molecule has 2 aliphatic rings. The van der Waals surface area contributed by atoms with Crippen molar-refractivity contribution < 1.29 is 4.79 Å². The number of piperidine rings is 1. The Hall–Kier alpha value is -2.95.